The third-order valence-electron chi connectivity index (χ3n) is 4.18. The minimum absolute atomic E-state index is 0.112. The van der Waals surface area contributed by atoms with Crippen LogP contribution >= 0.6 is 0 Å². The van der Waals surface area contributed by atoms with Gasteiger partial charge in [0.1, 0.15) is 18.4 Å². The van der Waals surface area contributed by atoms with E-state index in [0.29, 0.717) is 18.1 Å². The summed E-state index contributed by atoms with van der Waals surface area (Å²) in [4.78, 5) is 24.3. The number of benzene rings is 1. The summed E-state index contributed by atoms with van der Waals surface area (Å²) in [6.07, 6.45) is -1.07. The van der Waals surface area contributed by atoms with Gasteiger partial charge in [-0.3, -0.25) is 14.3 Å². The Bertz CT molecular complexity index is 849. The predicted molar refractivity (Wildman–Crippen MR) is 89.3 cm³/mol. The van der Waals surface area contributed by atoms with E-state index in [1.54, 1.807) is 6.07 Å². The summed E-state index contributed by atoms with van der Waals surface area (Å²) in [6.45, 7) is 0.873. The number of hydrogen-bond donors (Lipinski definition) is 3. The van der Waals surface area contributed by atoms with E-state index < -0.39 is 12.0 Å². The van der Waals surface area contributed by atoms with E-state index in [1.165, 1.54) is 10.7 Å². The van der Waals surface area contributed by atoms with E-state index >= 15 is 0 Å². The standard InChI is InChI=1S/C17H18N4O5/c22-10-6-18-17(24)13-5-12(20-21(13)8-10)16(23)19-7-11-9-25-14-3-1-2-4-15(14)26-11/h1-5,10-11,22H,6-9H2,(H,18,24)(H,19,23). The topological polar surface area (TPSA) is 115 Å². The average Bonchev–Trinajstić information content (AvgIpc) is 3.02. The summed E-state index contributed by atoms with van der Waals surface area (Å²) in [7, 11) is 0. The zero-order valence-electron chi connectivity index (χ0n) is 13.8. The Morgan fingerprint density at radius 2 is 2.19 bits per heavy atom. The maximum Gasteiger partial charge on any atom is 0.271 e. The zero-order chi connectivity index (χ0) is 18.1. The lowest BCUT2D eigenvalue weighted by atomic mass is 10.2. The number of β-amino-alcohol motifs (C(OH)–C–C–N with tert-alkyl or cyclic N) is 1. The lowest BCUT2D eigenvalue weighted by molar-refractivity contribution is 0.0785. The predicted octanol–water partition coefficient (Wildman–Crippen LogP) is -0.443. The molecule has 2 aliphatic heterocycles. The van der Waals surface area contributed by atoms with Gasteiger partial charge in [-0.15, -0.1) is 0 Å². The largest absolute Gasteiger partial charge is 0.486 e. The van der Waals surface area contributed by atoms with Gasteiger partial charge >= 0.3 is 0 Å². The monoisotopic (exact) mass is 358 g/mol. The molecule has 2 unspecified atom stereocenters. The third-order valence-corrected chi connectivity index (χ3v) is 4.18. The van der Waals surface area contributed by atoms with Gasteiger partial charge in [-0.2, -0.15) is 5.10 Å². The number of aliphatic hydroxyl groups excluding tert-OH is 1. The lowest BCUT2D eigenvalue weighted by Crippen LogP contribution is -2.40. The number of aromatic nitrogens is 2. The maximum absolute atomic E-state index is 12.3. The molecule has 136 valence electrons. The highest BCUT2D eigenvalue weighted by Gasteiger charge is 2.25. The van der Waals surface area contributed by atoms with Crippen LogP contribution in [0.5, 0.6) is 11.5 Å². The molecule has 0 saturated carbocycles. The van der Waals surface area contributed by atoms with Crippen molar-refractivity contribution in [3.05, 3.63) is 41.7 Å². The van der Waals surface area contributed by atoms with Crippen molar-refractivity contribution in [2.45, 2.75) is 18.8 Å². The van der Waals surface area contributed by atoms with Crippen LogP contribution in [0.25, 0.3) is 0 Å². The molecule has 4 rings (SSSR count). The number of hydrogen-bond acceptors (Lipinski definition) is 6. The Morgan fingerprint density at radius 1 is 1.38 bits per heavy atom. The molecule has 3 heterocycles. The van der Waals surface area contributed by atoms with Gasteiger partial charge < -0.3 is 25.2 Å². The van der Waals surface area contributed by atoms with E-state index in [-0.39, 0.29) is 43.0 Å². The van der Waals surface area contributed by atoms with Gasteiger partial charge in [0.05, 0.1) is 19.2 Å². The van der Waals surface area contributed by atoms with E-state index in [2.05, 4.69) is 15.7 Å². The number of carbonyl (C=O) groups is 2. The highest BCUT2D eigenvalue weighted by Crippen LogP contribution is 2.30. The molecule has 2 amide bonds. The first-order valence-corrected chi connectivity index (χ1v) is 8.31. The van der Waals surface area contributed by atoms with Crippen molar-refractivity contribution in [3.63, 3.8) is 0 Å². The summed E-state index contributed by atoms with van der Waals surface area (Å²) in [5, 5.41) is 19.2. The van der Waals surface area contributed by atoms with Crippen molar-refractivity contribution in [2.75, 3.05) is 19.7 Å². The fourth-order valence-corrected chi connectivity index (χ4v) is 2.88. The lowest BCUT2D eigenvalue weighted by Gasteiger charge is -2.26. The summed E-state index contributed by atoms with van der Waals surface area (Å²) in [5.41, 5.74) is 0.360. The minimum Gasteiger partial charge on any atom is -0.486 e. The second-order valence-electron chi connectivity index (χ2n) is 6.17. The number of ether oxygens (including phenoxy) is 2. The summed E-state index contributed by atoms with van der Waals surface area (Å²) in [6, 6.07) is 8.75. The Hall–Kier alpha value is -3.07. The highest BCUT2D eigenvalue weighted by atomic mass is 16.6. The Balaban J connectivity index is 1.40. The second kappa shape index (κ2) is 6.68. The molecule has 2 aromatic rings. The second-order valence-corrected chi connectivity index (χ2v) is 6.17. The van der Waals surface area contributed by atoms with E-state index in [0.717, 1.165) is 0 Å². The molecule has 0 radical (unpaired) electrons. The van der Waals surface area contributed by atoms with Gasteiger partial charge in [0.15, 0.2) is 17.2 Å². The molecule has 2 atom stereocenters. The van der Waals surface area contributed by atoms with Crippen LogP contribution < -0.4 is 20.1 Å². The van der Waals surface area contributed by atoms with Crippen LogP contribution in [0, 0.1) is 0 Å². The molecule has 9 heteroatoms. The van der Waals surface area contributed by atoms with E-state index in [1.807, 2.05) is 18.2 Å². The smallest absolute Gasteiger partial charge is 0.271 e. The average molecular weight is 358 g/mol. The SMILES string of the molecule is O=C(NCC1COc2ccccc2O1)c1cc2n(n1)CC(O)CNC2=O. The molecule has 2 aliphatic rings. The fourth-order valence-electron chi connectivity index (χ4n) is 2.88. The van der Waals surface area contributed by atoms with Gasteiger partial charge in [-0.05, 0) is 12.1 Å². The third kappa shape index (κ3) is 3.21. The zero-order valence-corrected chi connectivity index (χ0v) is 13.8. The van der Waals surface area contributed by atoms with Crippen molar-refractivity contribution in [1.29, 1.82) is 0 Å². The van der Waals surface area contributed by atoms with Crippen molar-refractivity contribution < 1.29 is 24.2 Å². The van der Waals surface area contributed by atoms with Crippen molar-refractivity contribution >= 4 is 11.8 Å². The van der Waals surface area contributed by atoms with Gasteiger partial charge in [0.25, 0.3) is 11.8 Å². The Kier molecular flexibility index (Phi) is 4.21. The van der Waals surface area contributed by atoms with Crippen LogP contribution in [0.3, 0.4) is 0 Å². The van der Waals surface area contributed by atoms with Crippen molar-refractivity contribution in [3.8, 4) is 11.5 Å². The molecule has 26 heavy (non-hydrogen) atoms. The quantitative estimate of drug-likeness (QED) is 0.685. The molecular formula is C17H18N4O5. The number of carbonyl (C=O) groups excluding carboxylic acids is 2. The molecule has 0 fully saturated rings. The summed E-state index contributed by atoms with van der Waals surface area (Å²) < 4.78 is 12.7. The molecule has 0 spiro atoms. The van der Waals surface area contributed by atoms with Crippen LogP contribution in [0.15, 0.2) is 30.3 Å². The van der Waals surface area contributed by atoms with E-state index in [4.69, 9.17) is 9.47 Å². The fraction of sp³-hybridized carbons (Fsp3) is 0.353. The van der Waals surface area contributed by atoms with Crippen molar-refractivity contribution in [1.82, 2.24) is 20.4 Å². The molecule has 9 nitrogen and oxygen atoms in total. The summed E-state index contributed by atoms with van der Waals surface area (Å²) in [5.74, 6) is 0.527. The number of nitrogens with zero attached hydrogens (tertiary/aromatic N) is 2. The van der Waals surface area contributed by atoms with Crippen LogP contribution in [0.1, 0.15) is 21.0 Å². The normalized spacial score (nSPS) is 21.3. The minimum atomic E-state index is -0.746. The summed E-state index contributed by atoms with van der Waals surface area (Å²) >= 11 is 0. The van der Waals surface area contributed by atoms with Crippen LogP contribution in [-0.4, -0.2) is 58.6 Å². The first-order chi connectivity index (χ1) is 12.6. The van der Waals surface area contributed by atoms with Gasteiger partial charge in [0.2, 0.25) is 0 Å². The first kappa shape index (κ1) is 16.4. The molecule has 3 N–H and O–H groups in total. The number of rotatable bonds is 3. The number of nitrogens with one attached hydrogen (secondary N) is 2. The van der Waals surface area contributed by atoms with Gasteiger partial charge in [-0.25, -0.2) is 0 Å². The molecule has 1 aromatic carbocycles. The maximum atomic E-state index is 12.3. The van der Waals surface area contributed by atoms with Crippen molar-refractivity contribution in [2.24, 2.45) is 0 Å². The molecule has 0 aliphatic carbocycles. The first-order valence-electron chi connectivity index (χ1n) is 8.31. The molecule has 1 aromatic heterocycles. The Morgan fingerprint density at radius 3 is 3.04 bits per heavy atom. The van der Waals surface area contributed by atoms with Crippen LogP contribution in [0.2, 0.25) is 0 Å². The number of para-hydroxylation sites is 2. The molecule has 0 saturated heterocycles. The Labute approximate surface area is 148 Å². The number of fused-ring (bicyclic) bond motifs is 2. The molecular weight excluding hydrogens is 340 g/mol. The molecule has 0 bridgehead atoms. The van der Waals surface area contributed by atoms with E-state index in [9.17, 15) is 14.7 Å². The van der Waals surface area contributed by atoms with Crippen LogP contribution in [-0.2, 0) is 6.54 Å². The highest BCUT2D eigenvalue weighted by molar-refractivity contribution is 5.98. The van der Waals surface area contributed by atoms with Crippen LogP contribution in [0.4, 0.5) is 0 Å². The number of amides is 2. The van der Waals surface area contributed by atoms with Gasteiger partial charge in [-0.1, -0.05) is 12.1 Å². The number of aliphatic hydroxyl groups is 1. The van der Waals surface area contributed by atoms with Gasteiger partial charge in [0, 0.05) is 12.6 Å².